The van der Waals surface area contributed by atoms with Crippen LogP contribution in [0.4, 0.5) is 4.79 Å². The van der Waals surface area contributed by atoms with Gasteiger partial charge in [0.15, 0.2) is 0 Å². The zero-order valence-electron chi connectivity index (χ0n) is 15.0. The van der Waals surface area contributed by atoms with Crippen LogP contribution in [0.3, 0.4) is 0 Å². The van der Waals surface area contributed by atoms with Gasteiger partial charge < -0.3 is 20.5 Å². The molecule has 2 amide bonds. The Morgan fingerprint density at radius 2 is 2.08 bits per heavy atom. The number of amides is 2. The van der Waals surface area contributed by atoms with E-state index in [9.17, 15) is 9.59 Å². The second kappa shape index (κ2) is 8.71. The van der Waals surface area contributed by atoms with Crippen LogP contribution in [0.5, 0.6) is 5.75 Å². The maximum atomic E-state index is 12.0. The van der Waals surface area contributed by atoms with Crippen molar-refractivity contribution in [2.24, 2.45) is 0 Å². The molecule has 0 aromatic heterocycles. The number of aliphatic carboxylic acids is 1. The molecule has 138 valence electrons. The molecule has 0 atom stereocenters. The minimum Gasteiger partial charge on any atom is -0.496 e. The summed E-state index contributed by atoms with van der Waals surface area (Å²) in [5.41, 5.74) is 2.03. The maximum absolute atomic E-state index is 12.0. The van der Waals surface area contributed by atoms with E-state index in [2.05, 4.69) is 10.6 Å². The van der Waals surface area contributed by atoms with E-state index < -0.39 is 5.97 Å². The number of carboxylic acids is 1. The first-order valence-electron chi connectivity index (χ1n) is 8.56. The number of rotatable bonds is 8. The van der Waals surface area contributed by atoms with Crippen LogP contribution in [0.25, 0.3) is 0 Å². The molecule has 0 unspecified atom stereocenters. The number of carboxylic acid groups (broad SMARTS) is 1. The Morgan fingerprint density at radius 3 is 2.68 bits per heavy atom. The molecular weight excluding hydrogens is 322 g/mol. The Kier molecular flexibility index (Phi) is 6.64. The van der Waals surface area contributed by atoms with Gasteiger partial charge in [-0.25, -0.2) is 4.79 Å². The molecule has 7 heteroatoms. The third-order valence-corrected chi connectivity index (χ3v) is 4.59. The minimum absolute atomic E-state index is 0.0489. The average Bonchev–Trinajstić information content (AvgIpc) is 2.54. The van der Waals surface area contributed by atoms with Crippen molar-refractivity contribution >= 4 is 12.0 Å². The zero-order chi connectivity index (χ0) is 18.4. The predicted octanol–water partition coefficient (Wildman–Crippen LogP) is 1.74. The van der Waals surface area contributed by atoms with Gasteiger partial charge in [0.05, 0.1) is 13.7 Å². The first-order valence-corrected chi connectivity index (χ1v) is 8.56. The maximum Gasteiger partial charge on any atom is 0.317 e. The number of carbonyl (C=O) groups excluding carboxylic acids is 1. The van der Waals surface area contributed by atoms with Crippen LogP contribution in [-0.2, 0) is 11.3 Å². The van der Waals surface area contributed by atoms with Crippen molar-refractivity contribution in [3.05, 3.63) is 29.3 Å². The lowest BCUT2D eigenvalue weighted by molar-refractivity contribution is -0.139. The second-order valence-corrected chi connectivity index (χ2v) is 6.42. The number of aryl methyl sites for hydroxylation is 1. The first kappa shape index (κ1) is 19.1. The lowest BCUT2D eigenvalue weighted by Gasteiger charge is -2.42. The Morgan fingerprint density at radius 1 is 1.36 bits per heavy atom. The summed E-state index contributed by atoms with van der Waals surface area (Å²) in [6.07, 6.45) is 1.56. The molecular formula is C18H27N3O4. The van der Waals surface area contributed by atoms with Crippen molar-refractivity contribution in [2.75, 3.05) is 20.2 Å². The van der Waals surface area contributed by atoms with Gasteiger partial charge in [-0.1, -0.05) is 19.1 Å². The highest BCUT2D eigenvalue weighted by molar-refractivity contribution is 5.74. The Labute approximate surface area is 148 Å². The van der Waals surface area contributed by atoms with Gasteiger partial charge in [0, 0.05) is 24.2 Å². The van der Waals surface area contributed by atoms with Crippen LogP contribution >= 0.6 is 0 Å². The number of nitrogens with one attached hydrogen (secondary N) is 2. The van der Waals surface area contributed by atoms with Crippen LogP contribution in [0.2, 0.25) is 0 Å². The molecule has 0 saturated heterocycles. The van der Waals surface area contributed by atoms with Gasteiger partial charge in [-0.3, -0.25) is 9.69 Å². The highest BCUT2D eigenvalue weighted by Gasteiger charge is 2.34. The normalized spacial score (nSPS) is 19.2. The lowest BCUT2D eigenvalue weighted by Crippen LogP contribution is -2.56. The molecule has 1 aromatic rings. The van der Waals surface area contributed by atoms with Gasteiger partial charge in [0.1, 0.15) is 5.75 Å². The highest BCUT2D eigenvalue weighted by Crippen LogP contribution is 2.25. The van der Waals surface area contributed by atoms with Gasteiger partial charge in [0.2, 0.25) is 0 Å². The number of benzene rings is 1. The van der Waals surface area contributed by atoms with Gasteiger partial charge >= 0.3 is 12.0 Å². The molecule has 1 saturated carbocycles. The van der Waals surface area contributed by atoms with Crippen molar-refractivity contribution in [3.8, 4) is 5.75 Å². The number of urea groups is 1. The highest BCUT2D eigenvalue weighted by atomic mass is 16.5. The van der Waals surface area contributed by atoms with E-state index in [0.717, 1.165) is 29.7 Å². The molecule has 1 aliphatic carbocycles. The summed E-state index contributed by atoms with van der Waals surface area (Å²) in [6.45, 7) is 5.08. The minimum atomic E-state index is -0.817. The summed E-state index contributed by atoms with van der Waals surface area (Å²) >= 11 is 0. The number of nitrogens with zero attached hydrogens (tertiary/aromatic N) is 1. The molecule has 0 heterocycles. The summed E-state index contributed by atoms with van der Waals surface area (Å²) < 4.78 is 5.33. The molecule has 1 aromatic carbocycles. The van der Waals surface area contributed by atoms with Crippen LogP contribution in [0.1, 0.15) is 30.9 Å². The molecule has 0 radical (unpaired) electrons. The van der Waals surface area contributed by atoms with E-state index in [1.165, 1.54) is 0 Å². The van der Waals surface area contributed by atoms with Crippen LogP contribution in [0, 0.1) is 6.92 Å². The molecule has 1 aliphatic rings. The third kappa shape index (κ3) is 5.35. The molecule has 1 fully saturated rings. The van der Waals surface area contributed by atoms with E-state index in [-0.39, 0.29) is 24.7 Å². The van der Waals surface area contributed by atoms with Crippen molar-refractivity contribution in [2.45, 2.75) is 45.3 Å². The smallest absolute Gasteiger partial charge is 0.317 e. The Balaban J connectivity index is 1.74. The number of hydrogen-bond acceptors (Lipinski definition) is 4. The fraction of sp³-hybridized carbons (Fsp3) is 0.556. The van der Waals surface area contributed by atoms with Crippen LogP contribution in [0.15, 0.2) is 18.2 Å². The third-order valence-electron chi connectivity index (χ3n) is 4.59. The number of likely N-dealkylation sites (N-methyl/N-ethyl adjacent to an activating group) is 1. The average molecular weight is 349 g/mol. The summed E-state index contributed by atoms with van der Waals surface area (Å²) in [6, 6.07) is 5.96. The Bertz CT molecular complexity index is 614. The largest absolute Gasteiger partial charge is 0.496 e. The molecule has 2 rings (SSSR count). The van der Waals surface area contributed by atoms with E-state index in [0.29, 0.717) is 13.1 Å². The fourth-order valence-corrected chi connectivity index (χ4v) is 3.09. The van der Waals surface area contributed by atoms with E-state index in [4.69, 9.17) is 9.84 Å². The quantitative estimate of drug-likeness (QED) is 0.665. The summed E-state index contributed by atoms with van der Waals surface area (Å²) in [7, 11) is 1.61. The van der Waals surface area contributed by atoms with Crippen molar-refractivity contribution in [3.63, 3.8) is 0 Å². The molecule has 25 heavy (non-hydrogen) atoms. The van der Waals surface area contributed by atoms with E-state index in [1.807, 2.05) is 36.9 Å². The first-order chi connectivity index (χ1) is 11.9. The Hall–Kier alpha value is -2.28. The summed E-state index contributed by atoms with van der Waals surface area (Å²) in [5, 5.41) is 14.7. The monoisotopic (exact) mass is 349 g/mol. The molecule has 3 N–H and O–H groups in total. The number of hydrogen-bond donors (Lipinski definition) is 3. The van der Waals surface area contributed by atoms with E-state index in [1.54, 1.807) is 7.11 Å². The number of methoxy groups -OCH3 is 1. The number of carbonyl (C=O) groups is 2. The van der Waals surface area contributed by atoms with Gasteiger partial charge in [-0.05, 0) is 37.9 Å². The standard InChI is InChI=1S/C18H27N3O4/c1-4-21(11-17(22)23)15-8-14(9-15)20-18(24)19-10-13-6-5-12(2)7-16(13)25-3/h5-7,14-15H,4,8-11H2,1-3H3,(H,22,23)(H2,19,20,24). The number of ether oxygens (including phenoxy) is 1. The van der Waals surface area contributed by atoms with Crippen LogP contribution < -0.4 is 15.4 Å². The SMILES string of the molecule is CCN(CC(=O)O)C1CC(NC(=O)NCc2ccc(C)cc2OC)C1. The lowest BCUT2D eigenvalue weighted by atomic mass is 9.85. The zero-order valence-corrected chi connectivity index (χ0v) is 15.0. The van der Waals surface area contributed by atoms with Gasteiger partial charge in [-0.15, -0.1) is 0 Å². The van der Waals surface area contributed by atoms with Crippen molar-refractivity contribution in [1.29, 1.82) is 0 Å². The molecule has 0 spiro atoms. The molecule has 7 nitrogen and oxygen atoms in total. The van der Waals surface area contributed by atoms with E-state index >= 15 is 0 Å². The van der Waals surface area contributed by atoms with Crippen molar-refractivity contribution in [1.82, 2.24) is 15.5 Å². The summed E-state index contributed by atoms with van der Waals surface area (Å²) in [5.74, 6) is -0.0562. The van der Waals surface area contributed by atoms with Gasteiger partial charge in [0.25, 0.3) is 0 Å². The summed E-state index contributed by atoms with van der Waals surface area (Å²) in [4.78, 5) is 24.8. The van der Waals surface area contributed by atoms with Crippen LogP contribution in [-0.4, -0.2) is 54.3 Å². The van der Waals surface area contributed by atoms with Gasteiger partial charge in [-0.2, -0.15) is 0 Å². The molecule has 0 aliphatic heterocycles. The predicted molar refractivity (Wildman–Crippen MR) is 94.8 cm³/mol. The fourth-order valence-electron chi connectivity index (χ4n) is 3.09. The molecule has 0 bridgehead atoms. The second-order valence-electron chi connectivity index (χ2n) is 6.42. The van der Waals surface area contributed by atoms with Crippen molar-refractivity contribution < 1.29 is 19.4 Å². The topological polar surface area (TPSA) is 90.9 Å².